The number of sulfonamides is 1. The highest BCUT2D eigenvalue weighted by Gasteiger charge is 2.35. The molecule has 33 heavy (non-hydrogen) atoms. The third-order valence-electron chi connectivity index (χ3n) is 6.54. The number of piperazine rings is 1. The van der Waals surface area contributed by atoms with E-state index in [0.717, 1.165) is 42.7 Å². The van der Waals surface area contributed by atoms with Gasteiger partial charge in [-0.15, -0.1) is 0 Å². The first-order valence-electron chi connectivity index (χ1n) is 11.5. The Balaban J connectivity index is 1.41. The third-order valence-corrected chi connectivity index (χ3v) is 8.80. The maximum absolute atomic E-state index is 13.4. The van der Waals surface area contributed by atoms with Crippen molar-refractivity contribution in [2.24, 2.45) is 0 Å². The van der Waals surface area contributed by atoms with Gasteiger partial charge in [0.2, 0.25) is 15.9 Å². The highest BCUT2D eigenvalue weighted by atomic mass is 32.2. The monoisotopic (exact) mass is 466 g/mol. The lowest BCUT2D eigenvalue weighted by Crippen LogP contribution is -2.48. The minimum Gasteiger partial charge on any atom is -0.368 e. The zero-order valence-corrected chi connectivity index (χ0v) is 19.6. The van der Waals surface area contributed by atoms with Crippen LogP contribution in [0.3, 0.4) is 0 Å². The number of hydrogen-bond acceptors (Lipinski definition) is 5. The molecule has 7 nitrogen and oxygen atoms in total. The molecule has 0 saturated carbocycles. The molecular weight excluding hydrogens is 436 g/mol. The van der Waals surface area contributed by atoms with Crippen LogP contribution < -0.4 is 4.90 Å². The maximum Gasteiger partial charge on any atom is 0.236 e. The van der Waals surface area contributed by atoms with E-state index >= 15 is 0 Å². The first-order chi connectivity index (χ1) is 16.0. The molecule has 2 aromatic carbocycles. The molecule has 2 heterocycles. The van der Waals surface area contributed by atoms with E-state index in [0.29, 0.717) is 32.6 Å². The summed E-state index contributed by atoms with van der Waals surface area (Å²) < 4.78 is 28.5. The van der Waals surface area contributed by atoms with Crippen molar-refractivity contribution in [2.75, 3.05) is 37.6 Å². The first-order valence-corrected chi connectivity index (χ1v) is 13.0. The van der Waals surface area contributed by atoms with Gasteiger partial charge in [-0.05, 0) is 36.1 Å². The van der Waals surface area contributed by atoms with Crippen molar-refractivity contribution in [3.63, 3.8) is 0 Å². The Morgan fingerprint density at radius 1 is 0.939 bits per heavy atom. The molecule has 0 bridgehead atoms. The Kier molecular flexibility index (Phi) is 7.31. The number of benzene rings is 2. The van der Waals surface area contributed by atoms with Crippen LogP contribution in [0.15, 0.2) is 54.6 Å². The Morgan fingerprint density at radius 2 is 1.64 bits per heavy atom. The molecule has 174 valence electrons. The minimum absolute atomic E-state index is 0.0702. The number of carbonyl (C=O) groups excluding carboxylic acids is 1. The largest absolute Gasteiger partial charge is 0.368 e. The van der Waals surface area contributed by atoms with E-state index in [4.69, 9.17) is 5.26 Å². The van der Waals surface area contributed by atoms with Gasteiger partial charge in [0.05, 0.1) is 6.07 Å². The van der Waals surface area contributed by atoms with E-state index in [9.17, 15) is 13.2 Å². The van der Waals surface area contributed by atoms with Crippen LogP contribution in [0, 0.1) is 11.3 Å². The van der Waals surface area contributed by atoms with Gasteiger partial charge in [0.15, 0.2) is 0 Å². The molecule has 2 saturated heterocycles. The van der Waals surface area contributed by atoms with E-state index in [1.807, 2.05) is 60.7 Å². The molecule has 0 aliphatic carbocycles. The molecular formula is C25H30N4O3S. The predicted octanol–water partition coefficient (Wildman–Crippen LogP) is 3.31. The SMILES string of the molecule is N#CCC(=O)N1CCN(c2ccc(CN3CCCCC(c4ccccc4)S3(=O)=O)cc2)CC1. The second kappa shape index (κ2) is 10.4. The standard InChI is InChI=1S/C25H30N4O3S/c26-14-13-25(30)28-18-16-27(17-19-28)23-11-9-21(10-12-23)20-29-15-5-4-8-24(33(29,31)32)22-6-2-1-3-7-22/h1-3,6-7,9-12,24H,4-5,8,13,15-20H2. The fraction of sp³-hybridized carbons (Fsp3) is 0.440. The van der Waals surface area contributed by atoms with Gasteiger partial charge >= 0.3 is 0 Å². The lowest BCUT2D eigenvalue weighted by molar-refractivity contribution is -0.130. The van der Waals surface area contributed by atoms with E-state index in [1.54, 1.807) is 9.21 Å². The Bertz CT molecular complexity index is 1090. The quantitative estimate of drug-likeness (QED) is 0.675. The smallest absolute Gasteiger partial charge is 0.236 e. The third kappa shape index (κ3) is 5.37. The number of nitrogens with zero attached hydrogens (tertiary/aromatic N) is 4. The number of anilines is 1. The average molecular weight is 467 g/mol. The molecule has 2 aromatic rings. The van der Waals surface area contributed by atoms with Gasteiger partial charge in [0.1, 0.15) is 11.7 Å². The number of hydrogen-bond donors (Lipinski definition) is 0. The normalized spacial score (nSPS) is 21.2. The summed E-state index contributed by atoms with van der Waals surface area (Å²) in [6.07, 6.45) is 2.36. The zero-order valence-electron chi connectivity index (χ0n) is 18.8. The number of rotatable bonds is 5. The summed E-state index contributed by atoms with van der Waals surface area (Å²) >= 11 is 0. The van der Waals surface area contributed by atoms with E-state index in [-0.39, 0.29) is 12.3 Å². The van der Waals surface area contributed by atoms with Crippen molar-refractivity contribution < 1.29 is 13.2 Å². The molecule has 0 aromatic heterocycles. The van der Waals surface area contributed by atoms with Crippen LogP contribution in [0.4, 0.5) is 5.69 Å². The molecule has 2 fully saturated rings. The molecule has 1 atom stereocenters. The highest BCUT2D eigenvalue weighted by molar-refractivity contribution is 7.89. The van der Waals surface area contributed by atoms with E-state index in [1.165, 1.54) is 0 Å². The maximum atomic E-state index is 13.4. The predicted molar refractivity (Wildman–Crippen MR) is 128 cm³/mol. The minimum atomic E-state index is -3.44. The molecule has 2 aliphatic heterocycles. The van der Waals surface area contributed by atoms with Crippen molar-refractivity contribution in [1.82, 2.24) is 9.21 Å². The first kappa shape index (κ1) is 23.3. The summed E-state index contributed by atoms with van der Waals surface area (Å²) in [6.45, 7) is 3.57. The number of nitriles is 1. The lowest BCUT2D eigenvalue weighted by atomic mass is 10.1. The number of amides is 1. The number of carbonyl (C=O) groups is 1. The summed E-state index contributed by atoms with van der Waals surface area (Å²) in [5, 5.41) is 8.23. The second-order valence-corrected chi connectivity index (χ2v) is 10.8. The molecule has 0 N–H and O–H groups in total. The van der Waals surface area contributed by atoms with Gasteiger partial charge in [-0.3, -0.25) is 4.79 Å². The summed E-state index contributed by atoms with van der Waals surface area (Å²) in [5.41, 5.74) is 2.90. The molecule has 1 amide bonds. The summed E-state index contributed by atoms with van der Waals surface area (Å²) in [6, 6.07) is 19.5. The van der Waals surface area contributed by atoms with Gasteiger partial charge in [-0.2, -0.15) is 9.57 Å². The van der Waals surface area contributed by atoms with Crippen LogP contribution in [0.2, 0.25) is 0 Å². The molecule has 0 radical (unpaired) electrons. The van der Waals surface area contributed by atoms with Crippen LogP contribution in [-0.4, -0.2) is 56.3 Å². The van der Waals surface area contributed by atoms with Crippen molar-refractivity contribution >= 4 is 21.6 Å². The van der Waals surface area contributed by atoms with E-state index < -0.39 is 15.3 Å². The van der Waals surface area contributed by atoms with Crippen LogP contribution >= 0.6 is 0 Å². The second-order valence-electron chi connectivity index (χ2n) is 8.64. The van der Waals surface area contributed by atoms with Crippen LogP contribution in [0.1, 0.15) is 42.1 Å². The molecule has 8 heteroatoms. The topological polar surface area (TPSA) is 84.7 Å². The van der Waals surface area contributed by atoms with Crippen molar-refractivity contribution in [3.8, 4) is 6.07 Å². The van der Waals surface area contributed by atoms with Gasteiger partial charge < -0.3 is 9.80 Å². The van der Waals surface area contributed by atoms with Crippen molar-refractivity contribution in [2.45, 2.75) is 37.5 Å². The van der Waals surface area contributed by atoms with Gasteiger partial charge in [-0.1, -0.05) is 48.9 Å². The molecule has 1 unspecified atom stereocenters. The molecule has 0 spiro atoms. The van der Waals surface area contributed by atoms with Gasteiger partial charge in [0, 0.05) is 45.0 Å². The highest BCUT2D eigenvalue weighted by Crippen LogP contribution is 2.34. The summed E-state index contributed by atoms with van der Waals surface area (Å²) in [7, 11) is -3.44. The Morgan fingerprint density at radius 3 is 2.30 bits per heavy atom. The van der Waals surface area contributed by atoms with Gasteiger partial charge in [-0.25, -0.2) is 8.42 Å². The summed E-state index contributed by atoms with van der Waals surface area (Å²) in [4.78, 5) is 15.9. The van der Waals surface area contributed by atoms with Crippen molar-refractivity contribution in [1.29, 1.82) is 5.26 Å². The molecule has 4 rings (SSSR count). The van der Waals surface area contributed by atoms with Crippen molar-refractivity contribution in [3.05, 3.63) is 65.7 Å². The van der Waals surface area contributed by atoms with Crippen LogP contribution in [0.25, 0.3) is 0 Å². The Hall–Kier alpha value is -2.89. The van der Waals surface area contributed by atoms with Crippen LogP contribution in [0.5, 0.6) is 0 Å². The fourth-order valence-corrected chi connectivity index (χ4v) is 6.70. The van der Waals surface area contributed by atoms with Gasteiger partial charge in [0.25, 0.3) is 0 Å². The fourth-order valence-electron chi connectivity index (χ4n) is 4.66. The zero-order chi connectivity index (χ0) is 23.3. The lowest BCUT2D eigenvalue weighted by Gasteiger charge is -2.36. The summed E-state index contributed by atoms with van der Waals surface area (Å²) in [5.74, 6) is -0.111. The van der Waals surface area contributed by atoms with E-state index in [2.05, 4.69) is 4.90 Å². The van der Waals surface area contributed by atoms with Crippen LogP contribution in [-0.2, 0) is 21.4 Å². The average Bonchev–Trinajstić information content (AvgIpc) is 2.98. The Labute approximate surface area is 196 Å². The molecule has 2 aliphatic rings.